The van der Waals surface area contributed by atoms with E-state index in [0.29, 0.717) is 0 Å². The van der Waals surface area contributed by atoms with Crippen molar-refractivity contribution in [1.29, 1.82) is 0 Å². The quantitative estimate of drug-likeness (QED) is 0.768. The molecule has 0 aliphatic heterocycles. The van der Waals surface area contributed by atoms with Crippen molar-refractivity contribution in [2.24, 2.45) is 0 Å². The SMILES string of the molecule is C[C@@H](NC(=O)Cc1ccccc1)C(=O)O. The van der Waals surface area contributed by atoms with Crippen molar-refractivity contribution >= 4 is 11.9 Å². The fourth-order valence-corrected chi connectivity index (χ4v) is 1.14. The Hall–Kier alpha value is -1.84. The number of benzene rings is 1. The van der Waals surface area contributed by atoms with Gasteiger partial charge in [0, 0.05) is 0 Å². The van der Waals surface area contributed by atoms with Crippen LogP contribution >= 0.6 is 0 Å². The molecule has 1 aromatic rings. The van der Waals surface area contributed by atoms with Gasteiger partial charge in [-0.1, -0.05) is 30.3 Å². The Labute approximate surface area is 87.9 Å². The average molecular weight is 207 g/mol. The topological polar surface area (TPSA) is 66.4 Å². The molecule has 2 N–H and O–H groups in total. The molecule has 0 aliphatic carbocycles. The van der Waals surface area contributed by atoms with Crippen LogP contribution in [0.4, 0.5) is 0 Å². The molecule has 0 saturated carbocycles. The first kappa shape index (κ1) is 11.2. The van der Waals surface area contributed by atoms with Gasteiger partial charge in [0.15, 0.2) is 0 Å². The van der Waals surface area contributed by atoms with E-state index in [1.807, 2.05) is 30.3 Å². The fraction of sp³-hybridized carbons (Fsp3) is 0.273. The minimum absolute atomic E-state index is 0.207. The first-order valence-electron chi connectivity index (χ1n) is 4.65. The van der Waals surface area contributed by atoms with E-state index in [2.05, 4.69) is 5.32 Å². The third kappa shape index (κ3) is 3.81. The summed E-state index contributed by atoms with van der Waals surface area (Å²) in [5, 5.41) is 11.0. The minimum Gasteiger partial charge on any atom is -0.480 e. The summed E-state index contributed by atoms with van der Waals surface area (Å²) in [6.45, 7) is 1.44. The zero-order valence-corrected chi connectivity index (χ0v) is 8.43. The first-order chi connectivity index (χ1) is 7.09. The number of carbonyl (C=O) groups is 2. The van der Waals surface area contributed by atoms with E-state index in [4.69, 9.17) is 5.11 Å². The second-order valence-corrected chi connectivity index (χ2v) is 3.29. The third-order valence-electron chi connectivity index (χ3n) is 1.96. The number of carboxylic acids is 1. The zero-order chi connectivity index (χ0) is 11.3. The van der Waals surface area contributed by atoms with Crippen molar-refractivity contribution in [1.82, 2.24) is 5.32 Å². The van der Waals surface area contributed by atoms with Crippen LogP contribution in [0.2, 0.25) is 0 Å². The monoisotopic (exact) mass is 207 g/mol. The predicted octanol–water partition coefficient (Wildman–Crippen LogP) is 0.818. The summed E-state index contributed by atoms with van der Waals surface area (Å²) >= 11 is 0. The lowest BCUT2D eigenvalue weighted by molar-refractivity contribution is -0.141. The van der Waals surface area contributed by atoms with Gasteiger partial charge < -0.3 is 10.4 Å². The Balaban J connectivity index is 2.47. The molecular weight excluding hydrogens is 194 g/mol. The summed E-state index contributed by atoms with van der Waals surface area (Å²) < 4.78 is 0. The third-order valence-corrected chi connectivity index (χ3v) is 1.96. The van der Waals surface area contributed by atoms with Crippen molar-refractivity contribution in [3.05, 3.63) is 35.9 Å². The molecule has 1 rings (SSSR count). The highest BCUT2D eigenvalue weighted by Gasteiger charge is 2.13. The van der Waals surface area contributed by atoms with Gasteiger partial charge in [-0.25, -0.2) is 0 Å². The van der Waals surface area contributed by atoms with Crippen LogP contribution in [0.3, 0.4) is 0 Å². The molecule has 4 nitrogen and oxygen atoms in total. The van der Waals surface area contributed by atoms with Gasteiger partial charge in [-0.15, -0.1) is 0 Å². The summed E-state index contributed by atoms with van der Waals surface area (Å²) in [4.78, 5) is 21.8. The number of hydrogen-bond acceptors (Lipinski definition) is 2. The Kier molecular flexibility index (Phi) is 3.85. The molecular formula is C11H13NO3. The standard InChI is InChI=1S/C11H13NO3/c1-8(11(14)15)12-10(13)7-9-5-3-2-4-6-9/h2-6,8H,7H2,1H3,(H,12,13)(H,14,15)/t8-/m1/s1. The number of amides is 1. The maximum absolute atomic E-state index is 11.4. The van der Waals surface area contributed by atoms with Crippen molar-refractivity contribution in [3.8, 4) is 0 Å². The number of carboxylic acid groups (broad SMARTS) is 1. The molecule has 15 heavy (non-hydrogen) atoms. The van der Waals surface area contributed by atoms with Gasteiger partial charge in [0.25, 0.3) is 0 Å². The average Bonchev–Trinajstić information content (AvgIpc) is 2.18. The number of rotatable bonds is 4. The molecule has 0 aliphatic rings. The van der Waals surface area contributed by atoms with Gasteiger partial charge in [-0.3, -0.25) is 9.59 Å². The zero-order valence-electron chi connectivity index (χ0n) is 8.43. The number of nitrogens with one attached hydrogen (secondary N) is 1. The molecule has 0 radical (unpaired) electrons. The first-order valence-corrected chi connectivity index (χ1v) is 4.65. The minimum atomic E-state index is -1.03. The van der Waals surface area contributed by atoms with E-state index in [9.17, 15) is 9.59 Å². The lowest BCUT2D eigenvalue weighted by atomic mass is 10.1. The Morgan fingerprint density at radius 2 is 1.93 bits per heavy atom. The highest BCUT2D eigenvalue weighted by atomic mass is 16.4. The molecule has 4 heteroatoms. The number of hydrogen-bond donors (Lipinski definition) is 2. The van der Waals surface area contributed by atoms with Gasteiger partial charge in [0.05, 0.1) is 6.42 Å². The second-order valence-electron chi connectivity index (χ2n) is 3.29. The fourth-order valence-electron chi connectivity index (χ4n) is 1.14. The highest BCUT2D eigenvalue weighted by molar-refractivity contribution is 5.84. The largest absolute Gasteiger partial charge is 0.480 e. The van der Waals surface area contributed by atoms with Crippen LogP contribution in [0.5, 0.6) is 0 Å². The van der Waals surface area contributed by atoms with Gasteiger partial charge in [-0.2, -0.15) is 0 Å². The van der Waals surface area contributed by atoms with Crippen molar-refractivity contribution in [3.63, 3.8) is 0 Å². The predicted molar refractivity (Wildman–Crippen MR) is 55.4 cm³/mol. The summed E-state index contributed by atoms with van der Waals surface area (Å²) in [7, 11) is 0. The van der Waals surface area contributed by atoms with E-state index < -0.39 is 12.0 Å². The van der Waals surface area contributed by atoms with Gasteiger partial charge in [0.1, 0.15) is 6.04 Å². The molecule has 0 heterocycles. The van der Waals surface area contributed by atoms with Crippen LogP contribution in [0, 0.1) is 0 Å². The summed E-state index contributed by atoms with van der Waals surface area (Å²) in [5.41, 5.74) is 0.868. The maximum atomic E-state index is 11.4. The van der Waals surface area contributed by atoms with E-state index >= 15 is 0 Å². The van der Waals surface area contributed by atoms with Crippen molar-refractivity contribution in [2.45, 2.75) is 19.4 Å². The molecule has 0 fully saturated rings. The Morgan fingerprint density at radius 1 is 1.33 bits per heavy atom. The van der Waals surface area contributed by atoms with Gasteiger partial charge in [-0.05, 0) is 12.5 Å². The number of carbonyl (C=O) groups excluding carboxylic acids is 1. The van der Waals surface area contributed by atoms with Crippen LogP contribution in [-0.4, -0.2) is 23.0 Å². The molecule has 1 atom stereocenters. The molecule has 0 bridgehead atoms. The summed E-state index contributed by atoms with van der Waals surface area (Å²) in [5.74, 6) is -1.31. The number of aliphatic carboxylic acids is 1. The highest BCUT2D eigenvalue weighted by Crippen LogP contribution is 1.99. The van der Waals surface area contributed by atoms with Crippen molar-refractivity contribution < 1.29 is 14.7 Å². The smallest absolute Gasteiger partial charge is 0.325 e. The van der Waals surface area contributed by atoms with Crippen LogP contribution in [-0.2, 0) is 16.0 Å². The van der Waals surface area contributed by atoms with Crippen LogP contribution in [0.25, 0.3) is 0 Å². The summed E-state index contributed by atoms with van der Waals surface area (Å²) in [6.07, 6.45) is 0.207. The molecule has 1 aromatic carbocycles. The van der Waals surface area contributed by atoms with Gasteiger partial charge in [0.2, 0.25) is 5.91 Å². The Morgan fingerprint density at radius 3 is 2.47 bits per heavy atom. The second kappa shape index (κ2) is 5.14. The lowest BCUT2D eigenvalue weighted by Gasteiger charge is -2.08. The van der Waals surface area contributed by atoms with Crippen molar-refractivity contribution in [2.75, 3.05) is 0 Å². The molecule has 80 valence electrons. The summed E-state index contributed by atoms with van der Waals surface area (Å²) in [6, 6.07) is 8.34. The molecule has 0 saturated heterocycles. The van der Waals surface area contributed by atoms with Gasteiger partial charge >= 0.3 is 5.97 Å². The van der Waals surface area contributed by atoms with Crippen LogP contribution in [0.1, 0.15) is 12.5 Å². The van der Waals surface area contributed by atoms with Crippen LogP contribution in [0.15, 0.2) is 30.3 Å². The lowest BCUT2D eigenvalue weighted by Crippen LogP contribution is -2.39. The van der Waals surface area contributed by atoms with E-state index in [-0.39, 0.29) is 12.3 Å². The molecule has 0 aromatic heterocycles. The van der Waals surface area contributed by atoms with E-state index in [1.54, 1.807) is 0 Å². The van der Waals surface area contributed by atoms with E-state index in [0.717, 1.165) is 5.56 Å². The van der Waals surface area contributed by atoms with Crippen LogP contribution < -0.4 is 5.32 Å². The molecule has 0 unspecified atom stereocenters. The van der Waals surface area contributed by atoms with E-state index in [1.165, 1.54) is 6.92 Å². The maximum Gasteiger partial charge on any atom is 0.325 e. The molecule has 0 spiro atoms. The normalized spacial score (nSPS) is 11.8. The Bertz CT molecular complexity index is 348. The molecule has 1 amide bonds.